The zero-order valence-electron chi connectivity index (χ0n) is 20.8. The number of halogens is 3. The number of rotatable bonds is 10. The van der Waals surface area contributed by atoms with Gasteiger partial charge in [-0.25, -0.2) is 10.2 Å². The molecule has 0 aliphatic heterocycles. The summed E-state index contributed by atoms with van der Waals surface area (Å²) in [7, 11) is 4.31. The summed E-state index contributed by atoms with van der Waals surface area (Å²) >= 11 is 10.1. The Hall–Kier alpha value is -3.42. The molecule has 0 bridgehead atoms. The molecule has 3 aromatic carbocycles. The van der Waals surface area contributed by atoms with Crippen LogP contribution in [0.5, 0.6) is 23.0 Å². The van der Waals surface area contributed by atoms with E-state index in [0.29, 0.717) is 41.8 Å². The van der Waals surface area contributed by atoms with Gasteiger partial charge in [0.05, 0.1) is 44.1 Å². The number of amides is 2. The number of hydrazone groups is 1. The van der Waals surface area contributed by atoms with Crippen LogP contribution in [0.25, 0.3) is 0 Å². The Morgan fingerprint density at radius 2 is 1.54 bits per heavy atom. The third-order valence-electron chi connectivity index (χ3n) is 5.05. The maximum absolute atomic E-state index is 12.7. The van der Waals surface area contributed by atoms with Crippen LogP contribution in [0.3, 0.4) is 0 Å². The fourth-order valence-electron chi connectivity index (χ4n) is 3.25. The lowest BCUT2D eigenvalue weighted by Crippen LogP contribution is -2.35. The minimum atomic E-state index is -0.590. The molecule has 0 saturated heterocycles. The Bertz CT molecular complexity index is 1400. The average molecular weight is 728 g/mol. The lowest BCUT2D eigenvalue weighted by molar-refractivity contribution is -0.120. The molecule has 0 heterocycles. The zero-order chi connectivity index (χ0) is 28.5. The van der Waals surface area contributed by atoms with Gasteiger partial charge < -0.3 is 24.3 Å². The van der Waals surface area contributed by atoms with E-state index < -0.39 is 17.8 Å². The van der Waals surface area contributed by atoms with Crippen LogP contribution < -0.4 is 29.7 Å². The van der Waals surface area contributed by atoms with Crippen LogP contribution in [0.4, 0.5) is 0 Å². The molecule has 0 fully saturated rings. The van der Waals surface area contributed by atoms with E-state index in [1.54, 1.807) is 36.4 Å². The Morgan fingerprint density at radius 1 is 0.872 bits per heavy atom. The topological polar surface area (TPSA) is 125 Å². The van der Waals surface area contributed by atoms with Crippen LogP contribution in [0.2, 0.25) is 0 Å². The van der Waals surface area contributed by atoms with E-state index in [9.17, 15) is 14.4 Å². The molecule has 10 nitrogen and oxygen atoms in total. The molecule has 0 aliphatic carbocycles. The molecule has 3 aromatic rings. The van der Waals surface area contributed by atoms with Crippen molar-refractivity contribution >= 4 is 71.8 Å². The molecular weight excluding hydrogens is 706 g/mol. The van der Waals surface area contributed by atoms with Gasteiger partial charge in [0.1, 0.15) is 0 Å². The number of hydrogen-bond acceptors (Lipinski definition) is 8. The lowest BCUT2D eigenvalue weighted by atomic mass is 10.1. The van der Waals surface area contributed by atoms with Gasteiger partial charge in [-0.2, -0.15) is 5.10 Å². The van der Waals surface area contributed by atoms with Crippen molar-refractivity contribution in [3.8, 4) is 23.0 Å². The highest BCUT2D eigenvalue weighted by Gasteiger charge is 2.19. The molecule has 0 aliphatic rings. The fraction of sp³-hybridized carbons (Fsp3) is 0.154. The van der Waals surface area contributed by atoms with E-state index in [-0.39, 0.29) is 17.9 Å². The molecule has 0 atom stereocenters. The number of ether oxygens (including phenoxy) is 4. The van der Waals surface area contributed by atoms with Crippen LogP contribution in [0.15, 0.2) is 67.1 Å². The summed E-state index contributed by atoms with van der Waals surface area (Å²) in [6, 6.07) is 13.2. The number of carbonyl (C=O) groups is 3. The van der Waals surface area contributed by atoms with Crippen molar-refractivity contribution in [1.82, 2.24) is 10.7 Å². The molecule has 3 rings (SSSR count). The van der Waals surface area contributed by atoms with Crippen molar-refractivity contribution < 1.29 is 33.3 Å². The molecule has 39 heavy (non-hydrogen) atoms. The summed E-state index contributed by atoms with van der Waals surface area (Å²) in [6.45, 7) is -0.362. The number of benzene rings is 3. The van der Waals surface area contributed by atoms with Crippen LogP contribution in [0, 0.1) is 0 Å². The number of methoxy groups -OCH3 is 3. The first-order valence-electron chi connectivity index (χ1n) is 11.0. The second-order valence-corrected chi connectivity index (χ2v) is 10.2. The smallest absolute Gasteiger partial charge is 0.344 e. The van der Waals surface area contributed by atoms with Gasteiger partial charge >= 0.3 is 5.97 Å². The first-order chi connectivity index (χ1) is 18.7. The molecule has 0 saturated carbocycles. The highest BCUT2D eigenvalue weighted by Crippen LogP contribution is 2.38. The minimum Gasteiger partial charge on any atom is -0.493 e. The van der Waals surface area contributed by atoms with Crippen molar-refractivity contribution in [3.05, 3.63) is 78.6 Å². The first-order valence-corrected chi connectivity index (χ1v) is 13.4. The van der Waals surface area contributed by atoms with Gasteiger partial charge in [-0.1, -0.05) is 28.1 Å². The van der Waals surface area contributed by atoms with E-state index in [4.69, 9.17) is 18.9 Å². The van der Waals surface area contributed by atoms with Crippen LogP contribution in [0.1, 0.15) is 26.3 Å². The van der Waals surface area contributed by atoms with E-state index >= 15 is 0 Å². The Labute approximate surface area is 249 Å². The lowest BCUT2D eigenvalue weighted by Gasteiger charge is -2.14. The standard InChI is InChI=1S/C26H22Br3N3O7/c1-36-20-9-14(10-21(37-2)24(20)38-3)25(34)30-13-22(33)32-31-12-15-8-16(27)11-19(29)23(15)39-26(35)17-6-4-5-7-18(17)28/h4-12H,13H2,1-3H3,(H,30,34)(H,32,33)/b31-12+. The molecule has 0 aromatic heterocycles. The summed E-state index contributed by atoms with van der Waals surface area (Å²) in [5.74, 6) is -0.575. The average Bonchev–Trinajstić information content (AvgIpc) is 2.92. The minimum absolute atomic E-state index is 0.202. The van der Waals surface area contributed by atoms with Crippen LogP contribution in [-0.2, 0) is 4.79 Å². The van der Waals surface area contributed by atoms with Gasteiger partial charge in [0.2, 0.25) is 5.75 Å². The molecule has 13 heteroatoms. The number of hydrogen-bond donors (Lipinski definition) is 2. The van der Waals surface area contributed by atoms with E-state index in [1.165, 1.54) is 39.7 Å². The maximum Gasteiger partial charge on any atom is 0.344 e. The summed E-state index contributed by atoms with van der Waals surface area (Å²) in [5.41, 5.74) is 3.27. The highest BCUT2D eigenvalue weighted by atomic mass is 79.9. The van der Waals surface area contributed by atoms with Crippen LogP contribution >= 0.6 is 47.8 Å². The van der Waals surface area contributed by atoms with Gasteiger partial charge in [-0.3, -0.25) is 9.59 Å². The third kappa shape index (κ3) is 7.80. The van der Waals surface area contributed by atoms with Crippen molar-refractivity contribution in [2.24, 2.45) is 5.10 Å². The van der Waals surface area contributed by atoms with E-state index in [1.807, 2.05) is 0 Å². The largest absolute Gasteiger partial charge is 0.493 e. The van der Waals surface area contributed by atoms with Gasteiger partial charge in [-0.05, 0) is 68.3 Å². The Morgan fingerprint density at radius 3 is 2.15 bits per heavy atom. The van der Waals surface area contributed by atoms with Gasteiger partial charge in [0.15, 0.2) is 17.2 Å². The molecule has 0 radical (unpaired) electrons. The molecule has 2 amide bonds. The summed E-state index contributed by atoms with van der Waals surface area (Å²) in [6.07, 6.45) is 1.32. The van der Waals surface area contributed by atoms with Crippen molar-refractivity contribution in [2.45, 2.75) is 0 Å². The van der Waals surface area contributed by atoms with Gasteiger partial charge in [0.25, 0.3) is 11.8 Å². The third-order valence-corrected chi connectivity index (χ3v) is 6.79. The summed E-state index contributed by atoms with van der Waals surface area (Å²) in [4.78, 5) is 37.6. The zero-order valence-corrected chi connectivity index (χ0v) is 25.6. The number of carbonyl (C=O) groups excluding carboxylic acids is 3. The SMILES string of the molecule is COc1cc(C(=O)NCC(=O)N/N=C/c2cc(Br)cc(Br)c2OC(=O)c2ccccc2Br)cc(OC)c1OC. The van der Waals surface area contributed by atoms with Crippen molar-refractivity contribution in [2.75, 3.05) is 27.9 Å². The number of esters is 1. The van der Waals surface area contributed by atoms with Gasteiger partial charge in [0, 0.05) is 20.1 Å². The second-order valence-electron chi connectivity index (χ2n) is 7.57. The van der Waals surface area contributed by atoms with Crippen molar-refractivity contribution in [1.29, 1.82) is 0 Å². The predicted molar refractivity (Wildman–Crippen MR) is 155 cm³/mol. The normalized spacial score (nSPS) is 10.6. The predicted octanol–water partition coefficient (Wildman–Crippen LogP) is 5.10. The quantitative estimate of drug-likeness (QED) is 0.129. The van der Waals surface area contributed by atoms with E-state index in [0.717, 1.165) is 0 Å². The second kappa shape index (κ2) is 14.1. The number of nitrogens with one attached hydrogen (secondary N) is 2. The molecule has 0 unspecified atom stereocenters. The number of nitrogens with zero attached hydrogens (tertiary/aromatic N) is 1. The fourth-order valence-corrected chi connectivity index (χ4v) is 5.03. The monoisotopic (exact) mass is 725 g/mol. The summed E-state index contributed by atoms with van der Waals surface area (Å²) < 4.78 is 23.1. The first kappa shape index (κ1) is 30.1. The molecular formula is C26H22Br3N3O7. The van der Waals surface area contributed by atoms with E-state index in [2.05, 4.69) is 63.6 Å². The maximum atomic E-state index is 12.7. The molecule has 0 spiro atoms. The molecule has 2 N–H and O–H groups in total. The molecule has 204 valence electrons. The van der Waals surface area contributed by atoms with Gasteiger partial charge in [-0.15, -0.1) is 0 Å². The van der Waals surface area contributed by atoms with Crippen LogP contribution in [-0.4, -0.2) is 51.9 Å². The summed E-state index contributed by atoms with van der Waals surface area (Å²) in [5, 5.41) is 6.44. The highest BCUT2D eigenvalue weighted by molar-refractivity contribution is 9.11. The Kier molecular flexibility index (Phi) is 10.9. The van der Waals surface area contributed by atoms with Crippen molar-refractivity contribution in [3.63, 3.8) is 0 Å². The Balaban J connectivity index is 1.67.